The monoisotopic (exact) mass is 312 g/mol. The summed E-state index contributed by atoms with van der Waals surface area (Å²) in [4.78, 5) is 12.5. The number of carbonyl (C=O) groups excluding carboxylic acids is 1. The van der Waals surface area contributed by atoms with Crippen molar-refractivity contribution >= 4 is 17.6 Å². The molecule has 0 amide bonds. The van der Waals surface area contributed by atoms with Crippen LogP contribution in [-0.2, 0) is 4.74 Å². The van der Waals surface area contributed by atoms with Gasteiger partial charge in [-0.05, 0) is 32.0 Å². The third-order valence-electron chi connectivity index (χ3n) is 4.16. The summed E-state index contributed by atoms with van der Waals surface area (Å²) >= 11 is 5.97. The molecule has 0 aromatic heterocycles. The van der Waals surface area contributed by atoms with Gasteiger partial charge in [0.15, 0.2) is 0 Å². The van der Waals surface area contributed by atoms with Gasteiger partial charge in [-0.1, -0.05) is 11.6 Å². The van der Waals surface area contributed by atoms with Gasteiger partial charge in [0.2, 0.25) is 0 Å². The number of hydrogen-bond donors (Lipinski definition) is 1. The van der Waals surface area contributed by atoms with Crippen molar-refractivity contribution in [1.82, 2.24) is 0 Å². The van der Waals surface area contributed by atoms with E-state index in [2.05, 4.69) is 5.32 Å². The van der Waals surface area contributed by atoms with E-state index in [-0.39, 0.29) is 5.97 Å². The largest absolute Gasteiger partial charge is 0.496 e. The Labute approximate surface area is 130 Å². The van der Waals surface area contributed by atoms with Gasteiger partial charge in [0, 0.05) is 23.8 Å². The van der Waals surface area contributed by atoms with E-state index in [4.69, 9.17) is 21.1 Å². The summed E-state index contributed by atoms with van der Waals surface area (Å²) in [5.74, 6) is 0.489. The van der Waals surface area contributed by atoms with Gasteiger partial charge in [0.1, 0.15) is 16.9 Å². The Morgan fingerprint density at radius 1 is 1.33 bits per heavy atom. The Hall–Kier alpha value is -1.26. The van der Waals surface area contributed by atoms with Crippen LogP contribution < -0.4 is 10.1 Å². The Balaban J connectivity index is 2.14. The van der Waals surface area contributed by atoms with Crippen molar-refractivity contribution < 1.29 is 19.6 Å². The summed E-state index contributed by atoms with van der Waals surface area (Å²) in [5, 5.41) is 2.79. The van der Waals surface area contributed by atoms with Crippen molar-refractivity contribution in [1.29, 1.82) is 0 Å². The van der Waals surface area contributed by atoms with Crippen molar-refractivity contribution in [3.05, 3.63) is 28.8 Å². The molecule has 5 heteroatoms. The van der Waals surface area contributed by atoms with Gasteiger partial charge < -0.3 is 14.8 Å². The molecule has 1 fully saturated rings. The number of quaternary nitrogens is 1. The van der Waals surface area contributed by atoms with Crippen molar-refractivity contribution in [2.24, 2.45) is 5.92 Å². The van der Waals surface area contributed by atoms with Crippen molar-refractivity contribution in [2.75, 3.05) is 20.2 Å². The molecule has 0 saturated carbocycles. The van der Waals surface area contributed by atoms with Crippen LogP contribution in [0.2, 0.25) is 5.02 Å². The van der Waals surface area contributed by atoms with Gasteiger partial charge in [-0.3, -0.25) is 0 Å². The Morgan fingerprint density at radius 3 is 2.62 bits per heavy atom. The van der Waals surface area contributed by atoms with Crippen molar-refractivity contribution in [3.63, 3.8) is 0 Å². The summed E-state index contributed by atoms with van der Waals surface area (Å²) in [6.45, 7) is 6.15. The Morgan fingerprint density at radius 2 is 2.00 bits per heavy atom. The zero-order valence-corrected chi connectivity index (χ0v) is 13.6. The zero-order chi connectivity index (χ0) is 15.5. The second kappa shape index (κ2) is 6.67. The highest BCUT2D eigenvalue weighted by molar-refractivity contribution is 6.31. The van der Waals surface area contributed by atoms with Crippen LogP contribution in [-0.4, -0.2) is 31.8 Å². The maximum absolute atomic E-state index is 12.5. The predicted octanol–water partition coefficient (Wildman–Crippen LogP) is 2.26. The normalized spacial score (nSPS) is 16.6. The fourth-order valence-electron chi connectivity index (χ4n) is 2.84. The average Bonchev–Trinajstić information content (AvgIpc) is 2.47. The SMILES string of the molecule is COc1ccc(Cl)cc1C(=O)OC(C)(C)C1CC[NH2+]CC1. The number of ether oxygens (including phenoxy) is 2. The number of hydrogen-bond acceptors (Lipinski definition) is 3. The molecule has 1 heterocycles. The van der Waals surface area contributed by atoms with Crippen LogP contribution >= 0.6 is 11.6 Å². The molecule has 4 nitrogen and oxygen atoms in total. The molecule has 0 radical (unpaired) electrons. The van der Waals surface area contributed by atoms with Gasteiger partial charge in [0.05, 0.1) is 20.2 Å². The zero-order valence-electron chi connectivity index (χ0n) is 12.8. The Kier molecular flexibility index (Phi) is 5.12. The molecular weight excluding hydrogens is 290 g/mol. The molecule has 1 saturated heterocycles. The van der Waals surface area contributed by atoms with Crippen LogP contribution in [0.4, 0.5) is 0 Å². The fraction of sp³-hybridized carbons (Fsp3) is 0.562. The molecule has 0 bridgehead atoms. The van der Waals surface area contributed by atoms with Gasteiger partial charge in [-0.2, -0.15) is 0 Å². The molecule has 0 spiro atoms. The second-order valence-corrected chi connectivity index (χ2v) is 6.41. The summed E-state index contributed by atoms with van der Waals surface area (Å²) in [7, 11) is 1.53. The molecule has 116 valence electrons. The molecule has 2 rings (SSSR count). The first kappa shape index (κ1) is 16.1. The third kappa shape index (κ3) is 3.89. The molecule has 1 aliphatic rings. The van der Waals surface area contributed by atoms with E-state index in [1.807, 2.05) is 13.8 Å². The summed E-state index contributed by atoms with van der Waals surface area (Å²) in [6, 6.07) is 4.97. The lowest BCUT2D eigenvalue weighted by atomic mass is 9.83. The number of methoxy groups -OCH3 is 1. The minimum absolute atomic E-state index is 0.375. The van der Waals surface area contributed by atoms with E-state index in [9.17, 15) is 4.79 Å². The fourth-order valence-corrected chi connectivity index (χ4v) is 3.01. The lowest BCUT2D eigenvalue weighted by molar-refractivity contribution is -0.665. The van der Waals surface area contributed by atoms with Gasteiger partial charge in [0.25, 0.3) is 0 Å². The molecule has 0 atom stereocenters. The van der Waals surface area contributed by atoms with Crippen LogP contribution in [0.15, 0.2) is 18.2 Å². The van der Waals surface area contributed by atoms with E-state index in [1.54, 1.807) is 18.2 Å². The summed E-state index contributed by atoms with van der Waals surface area (Å²) < 4.78 is 11.0. The van der Waals surface area contributed by atoms with Crippen molar-refractivity contribution in [2.45, 2.75) is 32.3 Å². The van der Waals surface area contributed by atoms with Crippen LogP contribution in [0.5, 0.6) is 5.75 Å². The smallest absolute Gasteiger partial charge is 0.342 e. The lowest BCUT2D eigenvalue weighted by Gasteiger charge is -2.35. The molecule has 1 aromatic carbocycles. The molecule has 1 aromatic rings. The number of nitrogens with two attached hydrogens (primary N) is 1. The molecule has 1 aliphatic heterocycles. The molecule has 0 unspecified atom stereocenters. The van der Waals surface area contributed by atoms with E-state index in [0.29, 0.717) is 22.3 Å². The van der Waals surface area contributed by atoms with Gasteiger partial charge >= 0.3 is 5.97 Å². The first-order valence-electron chi connectivity index (χ1n) is 7.32. The van der Waals surface area contributed by atoms with Crippen molar-refractivity contribution in [3.8, 4) is 5.75 Å². The van der Waals surface area contributed by atoms with Crippen LogP contribution in [0, 0.1) is 5.92 Å². The molecule has 0 aliphatic carbocycles. The topological polar surface area (TPSA) is 52.1 Å². The van der Waals surface area contributed by atoms with Gasteiger partial charge in [-0.15, -0.1) is 0 Å². The minimum atomic E-state index is -0.487. The number of benzene rings is 1. The van der Waals surface area contributed by atoms with Crippen LogP contribution in [0.1, 0.15) is 37.0 Å². The molecule has 2 N–H and O–H groups in total. The number of carbonyl (C=O) groups is 1. The first-order valence-corrected chi connectivity index (χ1v) is 7.70. The molecular formula is C16H23ClNO3+. The highest BCUT2D eigenvalue weighted by atomic mass is 35.5. The summed E-state index contributed by atoms with van der Waals surface area (Å²) in [6.07, 6.45) is 2.12. The van der Waals surface area contributed by atoms with Gasteiger partial charge in [-0.25, -0.2) is 4.79 Å². The highest BCUT2D eigenvalue weighted by Gasteiger charge is 2.36. The lowest BCUT2D eigenvalue weighted by Crippen LogP contribution is -2.86. The highest BCUT2D eigenvalue weighted by Crippen LogP contribution is 2.31. The molecule has 21 heavy (non-hydrogen) atoms. The maximum Gasteiger partial charge on any atom is 0.342 e. The second-order valence-electron chi connectivity index (χ2n) is 5.98. The van der Waals surface area contributed by atoms with E-state index >= 15 is 0 Å². The quantitative estimate of drug-likeness (QED) is 0.868. The summed E-state index contributed by atoms with van der Waals surface area (Å²) in [5.41, 5.74) is -0.112. The standard InChI is InChI=1S/C16H22ClNO3/c1-16(2,11-6-8-18-9-7-11)21-15(19)13-10-12(17)4-5-14(13)20-3/h4-5,10-11,18H,6-9H2,1-3H3/p+1. The average molecular weight is 313 g/mol. The number of esters is 1. The number of piperidine rings is 1. The third-order valence-corrected chi connectivity index (χ3v) is 4.39. The first-order chi connectivity index (χ1) is 9.94. The predicted molar refractivity (Wildman–Crippen MR) is 81.9 cm³/mol. The van der Waals surface area contributed by atoms with E-state index in [0.717, 1.165) is 25.9 Å². The number of rotatable bonds is 4. The number of halogens is 1. The van der Waals surface area contributed by atoms with E-state index < -0.39 is 5.60 Å². The Bertz CT molecular complexity index is 510. The maximum atomic E-state index is 12.5. The minimum Gasteiger partial charge on any atom is -0.496 e. The van der Waals surface area contributed by atoms with Crippen LogP contribution in [0.3, 0.4) is 0 Å². The van der Waals surface area contributed by atoms with E-state index in [1.165, 1.54) is 7.11 Å². The van der Waals surface area contributed by atoms with Crippen LogP contribution in [0.25, 0.3) is 0 Å².